The molecule has 9 heteroatoms. The Balaban J connectivity index is 1.44. The molecule has 1 N–H and O–H groups in total. The van der Waals surface area contributed by atoms with Gasteiger partial charge in [-0.2, -0.15) is 4.31 Å². The minimum absolute atomic E-state index is 0.0649. The van der Waals surface area contributed by atoms with Crippen molar-refractivity contribution < 1.29 is 26.4 Å². The first kappa shape index (κ1) is 22.3. The van der Waals surface area contributed by atoms with Gasteiger partial charge in [-0.3, -0.25) is 4.79 Å². The lowest BCUT2D eigenvalue weighted by molar-refractivity contribution is -0.121. The Morgan fingerprint density at radius 1 is 1.03 bits per heavy atom. The predicted octanol–water partition coefficient (Wildman–Crippen LogP) is 3.60. The van der Waals surface area contributed by atoms with Crippen LogP contribution in [0.15, 0.2) is 47.4 Å². The molecule has 0 saturated carbocycles. The first-order chi connectivity index (χ1) is 14.3. The zero-order chi connectivity index (χ0) is 21.7. The highest BCUT2D eigenvalue weighted by Crippen LogP contribution is 2.26. The van der Waals surface area contributed by atoms with Gasteiger partial charge in [0, 0.05) is 31.6 Å². The maximum absolute atomic E-state index is 13.6. The number of carbonyl (C=O) groups is 1. The molecule has 1 amide bonds. The molecule has 1 aliphatic heterocycles. The average molecular weight is 440 g/mol. The maximum Gasteiger partial charge on any atom is 0.243 e. The smallest absolute Gasteiger partial charge is 0.243 e. The summed E-state index contributed by atoms with van der Waals surface area (Å²) in [6.45, 7) is 0.520. The van der Waals surface area contributed by atoms with Gasteiger partial charge >= 0.3 is 0 Å². The van der Waals surface area contributed by atoms with Crippen LogP contribution in [0.1, 0.15) is 31.2 Å². The van der Waals surface area contributed by atoms with E-state index in [1.807, 2.05) is 0 Å². The Hall–Kier alpha value is -2.39. The van der Waals surface area contributed by atoms with Crippen LogP contribution in [0.3, 0.4) is 0 Å². The molecule has 162 valence electrons. The van der Waals surface area contributed by atoms with E-state index in [1.54, 1.807) is 0 Å². The molecule has 1 heterocycles. The van der Waals surface area contributed by atoms with Crippen molar-refractivity contribution >= 4 is 15.9 Å². The number of hydrogen-bond donors (Lipinski definition) is 1. The molecule has 0 atom stereocenters. The summed E-state index contributed by atoms with van der Waals surface area (Å²) in [5.74, 6) is -1.84. The predicted molar refractivity (Wildman–Crippen MR) is 105 cm³/mol. The number of halogens is 3. The molecule has 0 aromatic heterocycles. The van der Waals surface area contributed by atoms with Gasteiger partial charge in [-0.25, -0.2) is 21.6 Å². The Labute approximate surface area is 173 Å². The number of benzene rings is 2. The lowest BCUT2D eigenvalue weighted by Crippen LogP contribution is -2.38. The molecule has 0 unspecified atom stereocenters. The molecule has 1 saturated heterocycles. The molecule has 2 aromatic carbocycles. The number of hydrogen-bond acceptors (Lipinski definition) is 3. The number of sulfonamides is 1. The molecular weight excluding hydrogens is 417 g/mol. The highest BCUT2D eigenvalue weighted by Gasteiger charge is 2.29. The molecule has 1 fully saturated rings. The molecule has 5 nitrogen and oxygen atoms in total. The first-order valence-electron chi connectivity index (χ1n) is 9.72. The van der Waals surface area contributed by atoms with Crippen LogP contribution in [0.2, 0.25) is 0 Å². The van der Waals surface area contributed by atoms with Crippen LogP contribution < -0.4 is 5.32 Å². The van der Waals surface area contributed by atoms with E-state index in [0.717, 1.165) is 24.3 Å². The fraction of sp³-hybridized carbons (Fsp3) is 0.381. The Morgan fingerprint density at radius 2 is 1.73 bits per heavy atom. The number of rotatable bonds is 7. The van der Waals surface area contributed by atoms with Crippen LogP contribution >= 0.6 is 0 Å². The number of carbonyl (C=O) groups excluding carboxylic acids is 1. The Kier molecular flexibility index (Phi) is 7.14. The molecule has 2 aromatic rings. The molecule has 0 bridgehead atoms. The van der Waals surface area contributed by atoms with Gasteiger partial charge in [-0.05, 0) is 61.6 Å². The fourth-order valence-electron chi connectivity index (χ4n) is 3.51. The van der Waals surface area contributed by atoms with Gasteiger partial charge < -0.3 is 5.32 Å². The zero-order valence-electron chi connectivity index (χ0n) is 16.3. The number of piperidine rings is 1. The van der Waals surface area contributed by atoms with E-state index >= 15 is 0 Å². The summed E-state index contributed by atoms with van der Waals surface area (Å²) in [6.07, 6.45) is 1.99. The monoisotopic (exact) mass is 440 g/mol. The summed E-state index contributed by atoms with van der Waals surface area (Å²) in [7, 11) is -3.74. The van der Waals surface area contributed by atoms with Crippen molar-refractivity contribution in [1.82, 2.24) is 9.62 Å². The van der Waals surface area contributed by atoms with Crippen molar-refractivity contribution in [2.24, 2.45) is 5.92 Å². The largest absolute Gasteiger partial charge is 0.352 e. The summed E-state index contributed by atoms with van der Waals surface area (Å²) < 4.78 is 66.7. The third-order valence-corrected chi connectivity index (χ3v) is 7.17. The van der Waals surface area contributed by atoms with Gasteiger partial charge in [0.2, 0.25) is 15.9 Å². The van der Waals surface area contributed by atoms with Crippen LogP contribution in [0, 0.1) is 23.4 Å². The average Bonchev–Trinajstić information content (AvgIpc) is 2.73. The molecule has 3 rings (SSSR count). The van der Waals surface area contributed by atoms with Crippen LogP contribution in [0.25, 0.3) is 0 Å². The summed E-state index contributed by atoms with van der Waals surface area (Å²) in [5, 5.41) is 2.58. The Bertz CT molecular complexity index is 1010. The molecule has 1 aliphatic rings. The van der Waals surface area contributed by atoms with E-state index in [4.69, 9.17) is 0 Å². The third-order valence-electron chi connectivity index (χ3n) is 5.27. The van der Waals surface area contributed by atoms with Gasteiger partial charge in [0.05, 0.1) is 4.90 Å². The lowest BCUT2D eigenvalue weighted by Gasteiger charge is -2.31. The topological polar surface area (TPSA) is 66.5 Å². The number of amides is 1. The standard InChI is InChI=1S/C21H23F3N2O3S/c22-17-2-1-3-19(13-17)30(28,29)26-10-8-15(9-11-26)4-7-21(27)25-14-16-12-18(23)5-6-20(16)24/h1-3,5-6,12-13,15H,4,7-11,14H2,(H,25,27). The third kappa shape index (κ3) is 5.60. The second-order valence-electron chi connectivity index (χ2n) is 7.36. The summed E-state index contributed by atoms with van der Waals surface area (Å²) in [5.41, 5.74) is 0.0826. The van der Waals surface area contributed by atoms with Crippen LogP contribution in [0.4, 0.5) is 13.2 Å². The normalized spacial score (nSPS) is 15.8. The van der Waals surface area contributed by atoms with Crippen LogP contribution in [-0.2, 0) is 21.4 Å². The second kappa shape index (κ2) is 9.61. The highest BCUT2D eigenvalue weighted by molar-refractivity contribution is 7.89. The van der Waals surface area contributed by atoms with Crippen molar-refractivity contribution in [2.75, 3.05) is 13.1 Å². The van der Waals surface area contributed by atoms with Crippen LogP contribution in [-0.4, -0.2) is 31.7 Å². The maximum atomic E-state index is 13.6. The summed E-state index contributed by atoms with van der Waals surface area (Å²) >= 11 is 0. The van der Waals surface area contributed by atoms with E-state index in [2.05, 4.69) is 5.32 Å². The van der Waals surface area contributed by atoms with E-state index in [1.165, 1.54) is 22.5 Å². The SMILES string of the molecule is O=C(CCC1CCN(S(=O)(=O)c2cccc(F)c2)CC1)NCc1cc(F)ccc1F. The Morgan fingerprint density at radius 3 is 2.43 bits per heavy atom. The van der Waals surface area contributed by atoms with E-state index < -0.39 is 27.5 Å². The molecule has 0 radical (unpaired) electrons. The minimum Gasteiger partial charge on any atom is -0.352 e. The number of nitrogens with one attached hydrogen (secondary N) is 1. The van der Waals surface area contributed by atoms with Crippen molar-refractivity contribution in [2.45, 2.75) is 37.1 Å². The zero-order valence-corrected chi connectivity index (χ0v) is 17.1. The van der Waals surface area contributed by atoms with E-state index in [0.29, 0.717) is 32.4 Å². The highest BCUT2D eigenvalue weighted by atomic mass is 32.2. The second-order valence-corrected chi connectivity index (χ2v) is 9.29. The van der Waals surface area contributed by atoms with Crippen LogP contribution in [0.5, 0.6) is 0 Å². The van der Waals surface area contributed by atoms with Gasteiger partial charge in [0.25, 0.3) is 0 Å². The summed E-state index contributed by atoms with van der Waals surface area (Å²) in [6, 6.07) is 8.01. The van der Waals surface area contributed by atoms with Gasteiger partial charge in [0.1, 0.15) is 17.5 Å². The molecule has 0 spiro atoms. The fourth-order valence-corrected chi connectivity index (χ4v) is 5.01. The quantitative estimate of drug-likeness (QED) is 0.716. The van der Waals surface area contributed by atoms with Crippen molar-refractivity contribution in [3.63, 3.8) is 0 Å². The molecular formula is C21H23F3N2O3S. The van der Waals surface area contributed by atoms with Crippen molar-refractivity contribution in [1.29, 1.82) is 0 Å². The van der Waals surface area contributed by atoms with Crippen molar-refractivity contribution in [3.05, 3.63) is 65.5 Å². The number of nitrogens with zero attached hydrogens (tertiary/aromatic N) is 1. The first-order valence-corrected chi connectivity index (χ1v) is 11.2. The van der Waals surface area contributed by atoms with Gasteiger partial charge in [0.15, 0.2) is 0 Å². The minimum atomic E-state index is -3.74. The molecule has 30 heavy (non-hydrogen) atoms. The van der Waals surface area contributed by atoms with Gasteiger partial charge in [-0.1, -0.05) is 6.07 Å². The lowest BCUT2D eigenvalue weighted by atomic mass is 9.93. The van der Waals surface area contributed by atoms with E-state index in [9.17, 15) is 26.4 Å². The van der Waals surface area contributed by atoms with Gasteiger partial charge in [-0.15, -0.1) is 0 Å². The molecule has 0 aliphatic carbocycles. The van der Waals surface area contributed by atoms with E-state index in [-0.39, 0.29) is 35.2 Å². The summed E-state index contributed by atoms with van der Waals surface area (Å²) in [4.78, 5) is 12.0. The van der Waals surface area contributed by atoms with Crippen molar-refractivity contribution in [3.8, 4) is 0 Å².